The molecule has 33 heavy (non-hydrogen) atoms. The Hall–Kier alpha value is -2.54. The number of hydrogen-bond acceptors (Lipinski definition) is 6. The Bertz CT molecular complexity index is 866. The Labute approximate surface area is 205 Å². The first-order valence-corrected chi connectivity index (χ1v) is 12.0. The molecular formula is C26H35BrO6. The molecule has 2 N–H and O–H groups in total. The van der Waals surface area contributed by atoms with E-state index < -0.39 is 0 Å². The minimum atomic E-state index is -0.201. The largest absolute Gasteiger partial charge is 0.508 e. The monoisotopic (exact) mass is 522 g/mol. The molecule has 0 aliphatic carbocycles. The maximum absolute atomic E-state index is 11.3. The molecule has 0 aliphatic rings. The summed E-state index contributed by atoms with van der Waals surface area (Å²) in [5.41, 5.74) is 2.12. The molecular weight excluding hydrogens is 488 g/mol. The van der Waals surface area contributed by atoms with Crippen LogP contribution in [0.3, 0.4) is 0 Å². The number of phenols is 2. The number of rotatable bonds is 10. The maximum Gasteiger partial charge on any atom is 0.306 e. The van der Waals surface area contributed by atoms with Gasteiger partial charge in [0.15, 0.2) is 0 Å². The average Bonchev–Trinajstić information content (AvgIpc) is 2.81. The molecule has 0 unspecified atom stereocenters. The Morgan fingerprint density at radius 3 is 1.70 bits per heavy atom. The molecule has 6 nitrogen and oxygen atoms in total. The van der Waals surface area contributed by atoms with Crippen LogP contribution in [0.2, 0.25) is 0 Å². The zero-order valence-electron chi connectivity index (χ0n) is 19.8. The molecule has 182 valence electrons. The molecule has 7 heteroatoms. The van der Waals surface area contributed by atoms with Gasteiger partial charge in [0.2, 0.25) is 0 Å². The molecule has 0 aliphatic heterocycles. The smallest absolute Gasteiger partial charge is 0.306 e. The lowest BCUT2D eigenvalue weighted by Gasteiger charge is -2.16. The lowest BCUT2D eigenvalue weighted by Crippen LogP contribution is -2.08. The number of phenolic OH excluding ortho intramolecular Hbond substituents is 2. The fourth-order valence-corrected chi connectivity index (χ4v) is 3.96. The fraction of sp³-hybridized carbons (Fsp3) is 0.462. The highest BCUT2D eigenvalue weighted by Crippen LogP contribution is 2.32. The van der Waals surface area contributed by atoms with E-state index >= 15 is 0 Å². The van der Waals surface area contributed by atoms with Gasteiger partial charge in [-0.3, -0.25) is 9.59 Å². The lowest BCUT2D eigenvalue weighted by molar-refractivity contribution is -0.142. The molecule has 0 spiro atoms. The topological polar surface area (TPSA) is 93.1 Å². The molecule has 2 rings (SSSR count). The molecule has 0 fully saturated rings. The summed E-state index contributed by atoms with van der Waals surface area (Å²) in [7, 11) is 2.81. The van der Waals surface area contributed by atoms with Crippen molar-refractivity contribution in [3.63, 3.8) is 0 Å². The third-order valence-corrected chi connectivity index (χ3v) is 6.00. The number of benzene rings is 2. The number of carbonyl (C=O) groups is 2. The van der Waals surface area contributed by atoms with E-state index in [4.69, 9.17) is 4.74 Å². The highest BCUT2D eigenvalue weighted by atomic mass is 79.9. The molecule has 2 aromatic carbocycles. The Morgan fingerprint density at radius 1 is 0.818 bits per heavy atom. The summed E-state index contributed by atoms with van der Waals surface area (Å²) < 4.78 is 10.0. The van der Waals surface area contributed by atoms with Crippen molar-refractivity contribution in [2.24, 2.45) is 0 Å². The quantitative estimate of drug-likeness (QED) is 0.348. The SMILES string of the molecule is CCC[C@H](CC(=O)OC)c1ccc(O)c(Br)c1.CCC[C@H](CC(=O)OC)c1ccc(O)cc1. The number of esters is 2. The number of halogens is 1. The molecule has 0 saturated heterocycles. The predicted octanol–water partition coefficient (Wildman–Crippen LogP) is 6.44. The normalized spacial score (nSPS) is 12.2. The lowest BCUT2D eigenvalue weighted by atomic mass is 9.91. The van der Waals surface area contributed by atoms with E-state index in [1.54, 1.807) is 18.2 Å². The second-order valence-corrected chi connectivity index (χ2v) is 8.69. The standard InChI is InChI=1S/C13H17BrO3.C13H18O3/c1-3-4-9(8-13(16)17-2)10-5-6-12(15)11(14)7-10;1-3-4-11(9-13(15)16-2)10-5-7-12(14)8-6-10/h5-7,9,15H,3-4,8H2,1-2H3;5-8,11,14H,3-4,9H2,1-2H3/t9-;11-/m11/s1. The van der Waals surface area contributed by atoms with Crippen LogP contribution in [-0.2, 0) is 19.1 Å². The molecule has 2 aromatic rings. The first-order chi connectivity index (χ1) is 15.7. The van der Waals surface area contributed by atoms with Gasteiger partial charge >= 0.3 is 11.9 Å². The number of aromatic hydroxyl groups is 2. The van der Waals surface area contributed by atoms with Crippen molar-refractivity contribution in [3.8, 4) is 11.5 Å². The highest BCUT2D eigenvalue weighted by Gasteiger charge is 2.17. The number of carbonyl (C=O) groups excluding carboxylic acids is 2. The van der Waals surface area contributed by atoms with Crippen LogP contribution in [-0.4, -0.2) is 36.4 Å². The third kappa shape index (κ3) is 10.3. The van der Waals surface area contributed by atoms with Crippen LogP contribution in [0.1, 0.15) is 75.3 Å². The minimum absolute atomic E-state index is 0.143. The Kier molecular flexibility index (Phi) is 13.2. The van der Waals surface area contributed by atoms with Gasteiger partial charge in [-0.1, -0.05) is 44.9 Å². The van der Waals surface area contributed by atoms with E-state index in [1.165, 1.54) is 14.2 Å². The van der Waals surface area contributed by atoms with E-state index in [0.29, 0.717) is 17.3 Å². The van der Waals surface area contributed by atoms with E-state index in [9.17, 15) is 19.8 Å². The third-order valence-electron chi connectivity index (χ3n) is 5.36. The van der Waals surface area contributed by atoms with Crippen LogP contribution >= 0.6 is 15.9 Å². The second kappa shape index (κ2) is 15.3. The summed E-state index contributed by atoms with van der Waals surface area (Å²) in [6, 6.07) is 12.4. The molecule has 0 saturated carbocycles. The molecule has 2 atom stereocenters. The summed E-state index contributed by atoms with van der Waals surface area (Å²) in [6.07, 6.45) is 4.66. The van der Waals surface area contributed by atoms with Crippen LogP contribution in [0.15, 0.2) is 46.9 Å². The van der Waals surface area contributed by atoms with Gasteiger partial charge in [0.1, 0.15) is 11.5 Å². The Balaban J connectivity index is 0.000000331. The second-order valence-electron chi connectivity index (χ2n) is 7.83. The molecule has 0 bridgehead atoms. The van der Waals surface area contributed by atoms with E-state index in [1.807, 2.05) is 24.3 Å². The van der Waals surface area contributed by atoms with Crippen molar-refractivity contribution in [1.29, 1.82) is 0 Å². The molecule has 0 radical (unpaired) electrons. The van der Waals surface area contributed by atoms with Gasteiger partial charge in [0.25, 0.3) is 0 Å². The van der Waals surface area contributed by atoms with Gasteiger partial charge < -0.3 is 19.7 Å². The number of ether oxygens (including phenoxy) is 2. The van der Waals surface area contributed by atoms with E-state index in [-0.39, 0.29) is 35.3 Å². The number of hydrogen-bond donors (Lipinski definition) is 2. The fourth-order valence-electron chi connectivity index (χ4n) is 3.56. The van der Waals surface area contributed by atoms with Gasteiger partial charge in [-0.2, -0.15) is 0 Å². The van der Waals surface area contributed by atoms with Crippen molar-refractivity contribution in [2.45, 2.75) is 64.2 Å². The minimum Gasteiger partial charge on any atom is -0.508 e. The van der Waals surface area contributed by atoms with E-state index in [2.05, 4.69) is 34.5 Å². The van der Waals surface area contributed by atoms with Crippen LogP contribution in [0.5, 0.6) is 11.5 Å². The van der Waals surface area contributed by atoms with Crippen LogP contribution in [0.25, 0.3) is 0 Å². The van der Waals surface area contributed by atoms with Crippen LogP contribution in [0, 0.1) is 0 Å². The molecule has 0 amide bonds. The van der Waals surface area contributed by atoms with Gasteiger partial charge in [-0.15, -0.1) is 0 Å². The Morgan fingerprint density at radius 2 is 1.27 bits per heavy atom. The first kappa shape index (κ1) is 28.5. The van der Waals surface area contributed by atoms with Gasteiger partial charge in [-0.25, -0.2) is 0 Å². The first-order valence-electron chi connectivity index (χ1n) is 11.2. The van der Waals surface area contributed by atoms with E-state index in [0.717, 1.165) is 36.8 Å². The molecule has 0 heterocycles. The zero-order valence-corrected chi connectivity index (χ0v) is 21.4. The summed E-state index contributed by atoms with van der Waals surface area (Å²) in [5.74, 6) is 0.390. The van der Waals surface area contributed by atoms with Crippen molar-refractivity contribution in [2.75, 3.05) is 14.2 Å². The van der Waals surface area contributed by atoms with Crippen molar-refractivity contribution in [3.05, 3.63) is 58.1 Å². The van der Waals surface area contributed by atoms with Crippen molar-refractivity contribution in [1.82, 2.24) is 0 Å². The van der Waals surface area contributed by atoms with Crippen molar-refractivity contribution >= 4 is 27.9 Å². The van der Waals surface area contributed by atoms with Crippen molar-refractivity contribution < 1.29 is 29.3 Å². The van der Waals surface area contributed by atoms with Gasteiger partial charge in [-0.05, 0) is 76.0 Å². The highest BCUT2D eigenvalue weighted by molar-refractivity contribution is 9.10. The maximum atomic E-state index is 11.3. The van der Waals surface area contributed by atoms with Crippen LogP contribution in [0.4, 0.5) is 0 Å². The summed E-state index contributed by atoms with van der Waals surface area (Å²) in [4.78, 5) is 22.6. The van der Waals surface area contributed by atoms with Gasteiger partial charge in [0.05, 0.1) is 31.5 Å². The van der Waals surface area contributed by atoms with Crippen LogP contribution < -0.4 is 0 Å². The average molecular weight is 523 g/mol. The summed E-state index contributed by atoms with van der Waals surface area (Å²) in [6.45, 7) is 4.17. The van der Waals surface area contributed by atoms with Gasteiger partial charge in [0, 0.05) is 0 Å². The number of methoxy groups -OCH3 is 2. The molecule has 0 aromatic heterocycles. The predicted molar refractivity (Wildman–Crippen MR) is 132 cm³/mol. The summed E-state index contributed by atoms with van der Waals surface area (Å²) in [5, 5.41) is 18.6. The zero-order chi connectivity index (χ0) is 24.8. The summed E-state index contributed by atoms with van der Waals surface area (Å²) >= 11 is 3.28.